The summed E-state index contributed by atoms with van der Waals surface area (Å²) in [5.41, 5.74) is 1.48. The van der Waals surface area contributed by atoms with Gasteiger partial charge in [-0.05, 0) is 42.0 Å². The van der Waals surface area contributed by atoms with Crippen LogP contribution in [0.5, 0.6) is 0 Å². The molecule has 0 spiro atoms. The summed E-state index contributed by atoms with van der Waals surface area (Å²) in [5.74, 6) is 0.335. The van der Waals surface area contributed by atoms with Crippen molar-refractivity contribution in [1.82, 2.24) is 5.32 Å². The van der Waals surface area contributed by atoms with Gasteiger partial charge in [-0.3, -0.25) is 0 Å². The Hall–Kier alpha value is -1.10. The Morgan fingerprint density at radius 2 is 2.10 bits per heavy atom. The second-order valence-corrected chi connectivity index (χ2v) is 6.51. The lowest BCUT2D eigenvalue weighted by molar-refractivity contribution is 0.493. The molecule has 2 aromatic rings. The van der Waals surface area contributed by atoms with E-state index in [1.54, 1.807) is 30.0 Å². The minimum Gasteiger partial charge on any atom is -0.306 e. The van der Waals surface area contributed by atoms with E-state index in [2.05, 4.69) is 5.32 Å². The zero-order chi connectivity index (χ0) is 14.8. The van der Waals surface area contributed by atoms with Gasteiger partial charge in [-0.2, -0.15) is 0 Å². The van der Waals surface area contributed by atoms with Crippen molar-refractivity contribution in [3.63, 3.8) is 0 Å². The molecule has 2 aromatic carbocycles. The molecule has 0 aromatic heterocycles. The number of rotatable bonds is 3. The highest BCUT2D eigenvalue weighted by molar-refractivity contribution is 7.99. The Morgan fingerprint density at radius 1 is 1.24 bits per heavy atom. The molecule has 1 N–H and O–H groups in total. The summed E-state index contributed by atoms with van der Waals surface area (Å²) < 4.78 is 27.3. The van der Waals surface area contributed by atoms with E-state index in [0.717, 1.165) is 22.6 Å². The van der Waals surface area contributed by atoms with Crippen LogP contribution in [0.4, 0.5) is 8.78 Å². The van der Waals surface area contributed by atoms with Gasteiger partial charge in [0.15, 0.2) is 0 Å². The van der Waals surface area contributed by atoms with Crippen molar-refractivity contribution >= 4 is 23.4 Å². The summed E-state index contributed by atoms with van der Waals surface area (Å²) in [6.45, 7) is 0.373. The molecule has 21 heavy (non-hydrogen) atoms. The Labute approximate surface area is 131 Å². The molecule has 110 valence electrons. The second-order valence-electron chi connectivity index (χ2n) is 4.97. The largest absolute Gasteiger partial charge is 0.306 e. The maximum atomic E-state index is 13.9. The fourth-order valence-electron chi connectivity index (χ4n) is 2.50. The van der Waals surface area contributed by atoms with Gasteiger partial charge in [0.05, 0.1) is 5.02 Å². The molecule has 0 saturated heterocycles. The van der Waals surface area contributed by atoms with Gasteiger partial charge in [-0.25, -0.2) is 8.78 Å². The van der Waals surface area contributed by atoms with Crippen LogP contribution in [0.15, 0.2) is 41.3 Å². The first-order valence-electron chi connectivity index (χ1n) is 6.73. The number of halogens is 3. The standard InChI is InChI=1S/C16H14ClF2NS/c17-13-3-1-2-10(16(13)19)9-20-14-6-7-21-15-5-4-11(18)8-12(14)15/h1-5,8,14,20H,6-7,9H2. The van der Waals surface area contributed by atoms with Gasteiger partial charge in [-0.1, -0.05) is 23.7 Å². The van der Waals surface area contributed by atoms with E-state index in [0.29, 0.717) is 12.1 Å². The molecule has 0 saturated carbocycles. The molecule has 1 nitrogen and oxygen atoms in total. The molecule has 1 aliphatic rings. The smallest absolute Gasteiger partial charge is 0.146 e. The Morgan fingerprint density at radius 3 is 2.95 bits per heavy atom. The van der Waals surface area contributed by atoms with Crippen LogP contribution in [0.25, 0.3) is 0 Å². The van der Waals surface area contributed by atoms with Crippen LogP contribution in [0.2, 0.25) is 5.02 Å². The first-order valence-corrected chi connectivity index (χ1v) is 8.10. The fraction of sp³-hybridized carbons (Fsp3) is 0.250. The third-order valence-corrected chi connectivity index (χ3v) is 5.00. The number of nitrogens with one attached hydrogen (secondary N) is 1. The van der Waals surface area contributed by atoms with Crippen LogP contribution < -0.4 is 5.32 Å². The van der Waals surface area contributed by atoms with Crippen molar-refractivity contribution < 1.29 is 8.78 Å². The topological polar surface area (TPSA) is 12.0 Å². The molecule has 1 unspecified atom stereocenters. The van der Waals surface area contributed by atoms with E-state index in [1.807, 2.05) is 6.07 Å². The molecular formula is C16H14ClF2NS. The SMILES string of the molecule is Fc1ccc2c(c1)C(NCc1cccc(Cl)c1F)CCS2. The minimum atomic E-state index is -0.392. The Bertz CT molecular complexity index is 663. The Balaban J connectivity index is 1.78. The highest BCUT2D eigenvalue weighted by Gasteiger charge is 2.21. The number of fused-ring (bicyclic) bond motifs is 1. The average Bonchev–Trinajstić information content (AvgIpc) is 2.49. The first-order chi connectivity index (χ1) is 10.1. The van der Waals surface area contributed by atoms with Gasteiger partial charge in [0.1, 0.15) is 11.6 Å². The molecular weight excluding hydrogens is 312 g/mol. The average molecular weight is 326 g/mol. The van der Waals surface area contributed by atoms with Crippen LogP contribution in [0.3, 0.4) is 0 Å². The van der Waals surface area contributed by atoms with Crippen molar-refractivity contribution in [2.75, 3.05) is 5.75 Å². The lowest BCUT2D eigenvalue weighted by Gasteiger charge is -2.26. The maximum Gasteiger partial charge on any atom is 0.146 e. The molecule has 0 bridgehead atoms. The van der Waals surface area contributed by atoms with Crippen LogP contribution in [-0.4, -0.2) is 5.75 Å². The van der Waals surface area contributed by atoms with Crippen molar-refractivity contribution in [2.45, 2.75) is 23.9 Å². The van der Waals surface area contributed by atoms with Gasteiger partial charge < -0.3 is 5.32 Å². The fourth-order valence-corrected chi connectivity index (χ4v) is 3.80. The van der Waals surface area contributed by atoms with Crippen molar-refractivity contribution in [3.05, 3.63) is 64.2 Å². The van der Waals surface area contributed by atoms with Crippen LogP contribution >= 0.6 is 23.4 Å². The van der Waals surface area contributed by atoms with E-state index in [-0.39, 0.29) is 16.9 Å². The number of hydrogen-bond donors (Lipinski definition) is 1. The number of hydrogen-bond acceptors (Lipinski definition) is 2. The highest BCUT2D eigenvalue weighted by Crippen LogP contribution is 2.36. The molecule has 3 rings (SSSR count). The third-order valence-electron chi connectivity index (χ3n) is 3.58. The quantitative estimate of drug-likeness (QED) is 0.857. The number of benzene rings is 2. The molecule has 1 aliphatic heterocycles. The lowest BCUT2D eigenvalue weighted by atomic mass is 10.0. The van der Waals surface area contributed by atoms with Crippen LogP contribution in [0.1, 0.15) is 23.6 Å². The summed E-state index contributed by atoms with van der Waals surface area (Å²) in [7, 11) is 0. The summed E-state index contributed by atoms with van der Waals surface area (Å²) in [6.07, 6.45) is 0.892. The molecule has 0 amide bonds. The summed E-state index contributed by atoms with van der Waals surface area (Å²) in [5, 5.41) is 3.44. The van der Waals surface area contributed by atoms with E-state index >= 15 is 0 Å². The monoisotopic (exact) mass is 325 g/mol. The summed E-state index contributed by atoms with van der Waals surface area (Å²) in [6, 6.07) is 9.85. The molecule has 0 fully saturated rings. The van der Waals surface area contributed by atoms with Gasteiger partial charge in [0.25, 0.3) is 0 Å². The van der Waals surface area contributed by atoms with Crippen molar-refractivity contribution in [2.24, 2.45) is 0 Å². The van der Waals surface area contributed by atoms with Gasteiger partial charge in [0.2, 0.25) is 0 Å². The van der Waals surface area contributed by atoms with E-state index in [9.17, 15) is 8.78 Å². The van der Waals surface area contributed by atoms with E-state index in [4.69, 9.17) is 11.6 Å². The second kappa shape index (κ2) is 6.34. The molecule has 5 heteroatoms. The summed E-state index contributed by atoms with van der Waals surface area (Å²) in [4.78, 5) is 1.09. The van der Waals surface area contributed by atoms with Crippen LogP contribution in [0, 0.1) is 11.6 Å². The van der Waals surface area contributed by atoms with Crippen molar-refractivity contribution in [1.29, 1.82) is 0 Å². The van der Waals surface area contributed by atoms with Crippen LogP contribution in [-0.2, 0) is 6.54 Å². The van der Waals surface area contributed by atoms with Gasteiger partial charge in [0, 0.05) is 23.0 Å². The zero-order valence-corrected chi connectivity index (χ0v) is 12.8. The molecule has 0 radical (unpaired) electrons. The summed E-state index contributed by atoms with van der Waals surface area (Å²) >= 11 is 7.51. The number of thioether (sulfide) groups is 1. The third kappa shape index (κ3) is 3.23. The molecule has 1 heterocycles. The predicted molar refractivity (Wildman–Crippen MR) is 82.7 cm³/mol. The first kappa shape index (κ1) is 14.8. The lowest BCUT2D eigenvalue weighted by Crippen LogP contribution is -2.24. The maximum absolute atomic E-state index is 13.9. The van der Waals surface area contributed by atoms with Gasteiger partial charge >= 0.3 is 0 Å². The zero-order valence-electron chi connectivity index (χ0n) is 11.2. The van der Waals surface area contributed by atoms with E-state index in [1.165, 1.54) is 12.1 Å². The van der Waals surface area contributed by atoms with E-state index < -0.39 is 5.82 Å². The van der Waals surface area contributed by atoms with Crippen molar-refractivity contribution in [3.8, 4) is 0 Å². The molecule has 1 atom stereocenters. The predicted octanol–water partition coefficient (Wildman–Crippen LogP) is 4.94. The van der Waals surface area contributed by atoms with Gasteiger partial charge in [-0.15, -0.1) is 11.8 Å². The minimum absolute atomic E-state index is 0.0373. The molecule has 0 aliphatic carbocycles. The Kier molecular flexibility index (Phi) is 4.48. The normalized spacial score (nSPS) is 17.6. The highest BCUT2D eigenvalue weighted by atomic mass is 35.5.